The number of anilines is 1. The van der Waals surface area contributed by atoms with Gasteiger partial charge in [-0.2, -0.15) is 0 Å². The van der Waals surface area contributed by atoms with Gasteiger partial charge in [-0.3, -0.25) is 9.78 Å². The number of aliphatic imine (C=N–C) groups is 1. The van der Waals surface area contributed by atoms with Gasteiger partial charge in [-0.15, -0.1) is 0 Å². The third-order valence-corrected chi connectivity index (χ3v) is 5.58. The first kappa shape index (κ1) is 17.5. The topological polar surface area (TPSA) is 87.7 Å². The van der Waals surface area contributed by atoms with E-state index in [0.717, 1.165) is 35.6 Å². The smallest absolute Gasteiger partial charge is 0.223 e. The van der Waals surface area contributed by atoms with Gasteiger partial charge in [0.05, 0.1) is 24.8 Å². The van der Waals surface area contributed by atoms with E-state index in [0.29, 0.717) is 31.2 Å². The van der Waals surface area contributed by atoms with Gasteiger partial charge in [-0.25, -0.2) is 9.98 Å². The molecule has 2 N–H and O–H groups in total. The lowest BCUT2D eigenvalue weighted by molar-refractivity contribution is -0.133. The zero-order chi connectivity index (χ0) is 19.0. The Hall–Kier alpha value is -2.96. The van der Waals surface area contributed by atoms with Crippen LogP contribution in [-0.4, -0.2) is 40.2 Å². The van der Waals surface area contributed by atoms with E-state index < -0.39 is 0 Å². The lowest BCUT2D eigenvalue weighted by Gasteiger charge is -2.41. The van der Waals surface area contributed by atoms with Gasteiger partial charge in [0.1, 0.15) is 0 Å². The number of rotatable bonds is 4. The van der Waals surface area contributed by atoms with Gasteiger partial charge in [0.15, 0.2) is 5.82 Å². The summed E-state index contributed by atoms with van der Waals surface area (Å²) in [6, 6.07) is 3.99. The van der Waals surface area contributed by atoms with Crippen molar-refractivity contribution in [2.75, 3.05) is 18.0 Å². The van der Waals surface area contributed by atoms with Crippen LogP contribution in [0.25, 0.3) is 0 Å². The van der Waals surface area contributed by atoms with Crippen LogP contribution in [0.4, 0.5) is 11.5 Å². The molecule has 0 saturated carbocycles. The average Bonchev–Trinajstić information content (AvgIpc) is 3.09. The largest absolute Gasteiger partial charge is 0.390 e. The Morgan fingerprint density at radius 2 is 2.11 bits per heavy atom. The molecule has 27 heavy (non-hydrogen) atoms. The Kier molecular flexibility index (Phi) is 4.51. The minimum Gasteiger partial charge on any atom is -0.390 e. The van der Waals surface area contributed by atoms with E-state index >= 15 is 0 Å². The van der Waals surface area contributed by atoms with Crippen LogP contribution in [0.15, 0.2) is 29.5 Å². The summed E-state index contributed by atoms with van der Waals surface area (Å²) in [5.41, 5.74) is 10.9. The first-order valence-electron chi connectivity index (χ1n) is 9.22. The minimum absolute atomic E-state index is 0.196. The average molecular weight is 364 g/mol. The van der Waals surface area contributed by atoms with Gasteiger partial charge < -0.3 is 15.5 Å². The van der Waals surface area contributed by atoms with Crippen molar-refractivity contribution < 1.29 is 4.79 Å². The molecule has 4 heterocycles. The monoisotopic (exact) mass is 364 g/mol. The second-order valence-corrected chi connectivity index (χ2v) is 7.32. The molecule has 2 aromatic rings. The van der Waals surface area contributed by atoms with Crippen LogP contribution >= 0.6 is 0 Å². The lowest BCUT2D eigenvalue weighted by Crippen LogP contribution is -2.48. The van der Waals surface area contributed by atoms with Gasteiger partial charge >= 0.3 is 0 Å². The highest BCUT2D eigenvalue weighted by Crippen LogP contribution is 2.34. The van der Waals surface area contributed by atoms with Crippen molar-refractivity contribution in [2.24, 2.45) is 16.6 Å². The second-order valence-electron chi connectivity index (χ2n) is 7.32. The molecule has 0 atom stereocenters. The molecule has 0 bridgehead atoms. The van der Waals surface area contributed by atoms with Crippen LogP contribution in [0.3, 0.4) is 0 Å². The number of aromatic nitrogens is 2. The maximum absolute atomic E-state index is 12.8. The molecule has 7 heteroatoms. The summed E-state index contributed by atoms with van der Waals surface area (Å²) in [4.78, 5) is 29.9. The molecule has 0 radical (unpaired) electrons. The number of nitrogens with two attached hydrogens (primary N) is 1. The van der Waals surface area contributed by atoms with Crippen LogP contribution in [0.1, 0.15) is 28.8 Å². The predicted molar refractivity (Wildman–Crippen MR) is 105 cm³/mol. The van der Waals surface area contributed by atoms with Crippen molar-refractivity contribution in [3.63, 3.8) is 0 Å². The predicted octanol–water partition coefficient (Wildman–Crippen LogP) is 2.08. The number of aryl methyl sites for hydroxylation is 1. The fourth-order valence-corrected chi connectivity index (χ4v) is 3.89. The first-order chi connectivity index (χ1) is 13.1. The second kappa shape index (κ2) is 6.98. The van der Waals surface area contributed by atoms with Crippen molar-refractivity contribution in [2.45, 2.75) is 33.4 Å². The summed E-state index contributed by atoms with van der Waals surface area (Å²) in [7, 11) is 0. The Morgan fingerprint density at radius 3 is 2.81 bits per heavy atom. The summed E-state index contributed by atoms with van der Waals surface area (Å²) in [6.07, 6.45) is 5.48. The van der Waals surface area contributed by atoms with Crippen molar-refractivity contribution in [3.05, 3.63) is 46.9 Å². The normalized spacial score (nSPS) is 16.7. The highest BCUT2D eigenvalue weighted by molar-refractivity contribution is 5.78. The van der Waals surface area contributed by atoms with E-state index in [1.165, 1.54) is 11.9 Å². The number of pyridine rings is 2. The molecule has 0 aromatic carbocycles. The van der Waals surface area contributed by atoms with Crippen molar-refractivity contribution in [3.8, 4) is 0 Å². The molecule has 2 aliphatic heterocycles. The van der Waals surface area contributed by atoms with Gasteiger partial charge in [-0.05, 0) is 37.1 Å². The molecule has 2 aliphatic rings. The number of nitrogens with zero attached hydrogens (tertiary/aromatic N) is 5. The Bertz CT molecular complexity index is 889. The number of fused-ring (bicyclic) bond motifs is 1. The molecule has 2 aromatic heterocycles. The third kappa shape index (κ3) is 3.25. The van der Waals surface area contributed by atoms with Crippen LogP contribution in [0.5, 0.6) is 0 Å². The van der Waals surface area contributed by atoms with Crippen molar-refractivity contribution in [1.82, 2.24) is 14.9 Å². The van der Waals surface area contributed by atoms with Crippen LogP contribution < -0.4 is 10.6 Å². The maximum atomic E-state index is 12.8. The zero-order valence-corrected chi connectivity index (χ0v) is 15.7. The first-order valence-corrected chi connectivity index (χ1v) is 9.22. The molecular formula is C20H24N6O. The number of amides is 1. The fraction of sp³-hybridized carbons (Fsp3) is 0.400. The van der Waals surface area contributed by atoms with E-state index in [-0.39, 0.29) is 5.91 Å². The van der Waals surface area contributed by atoms with E-state index in [1.54, 1.807) is 6.20 Å². The minimum atomic E-state index is 0.196. The zero-order valence-electron chi connectivity index (χ0n) is 15.7. The van der Waals surface area contributed by atoms with E-state index in [4.69, 9.17) is 5.73 Å². The number of carbonyl (C=O) groups excluding carboxylic acids is 1. The molecule has 0 unspecified atom stereocenters. The van der Waals surface area contributed by atoms with Gasteiger partial charge in [0, 0.05) is 49.4 Å². The third-order valence-electron chi connectivity index (χ3n) is 5.58. The highest BCUT2D eigenvalue weighted by Gasteiger charge is 2.33. The van der Waals surface area contributed by atoms with Gasteiger partial charge in [-0.1, -0.05) is 0 Å². The van der Waals surface area contributed by atoms with Gasteiger partial charge in [0.25, 0.3) is 0 Å². The van der Waals surface area contributed by atoms with Crippen LogP contribution in [-0.2, 0) is 17.9 Å². The molecule has 7 nitrogen and oxygen atoms in total. The Labute approximate surface area is 158 Å². The van der Waals surface area contributed by atoms with E-state index in [2.05, 4.69) is 32.9 Å². The standard InChI is InChI=1S/C20H24N6O/c1-13-14(2)24-20(23-12-21)18-11-26(10-17(13)18)19(27)6-15-8-25(9-15)16-4-3-5-22-7-16/h3-5,7,12,15H,6,8-11H2,1-2H3,(H2,21,23,24). The summed E-state index contributed by atoms with van der Waals surface area (Å²) in [6.45, 7) is 7.03. The quantitative estimate of drug-likeness (QED) is 0.663. The van der Waals surface area contributed by atoms with Crippen molar-refractivity contribution in [1.29, 1.82) is 0 Å². The van der Waals surface area contributed by atoms with Crippen LogP contribution in [0, 0.1) is 19.8 Å². The lowest BCUT2D eigenvalue weighted by atomic mass is 9.95. The van der Waals surface area contributed by atoms with Crippen molar-refractivity contribution >= 4 is 23.8 Å². The molecule has 1 amide bonds. The Balaban J connectivity index is 1.40. The molecular weight excluding hydrogens is 340 g/mol. The SMILES string of the molecule is Cc1nc(N=CN)c2c(c1C)CN(C(=O)CC1CN(c3cccnc3)C1)C2. The van der Waals surface area contributed by atoms with E-state index in [1.807, 2.05) is 24.1 Å². The Morgan fingerprint density at radius 1 is 1.33 bits per heavy atom. The maximum Gasteiger partial charge on any atom is 0.223 e. The van der Waals surface area contributed by atoms with E-state index in [9.17, 15) is 4.79 Å². The number of hydrogen-bond acceptors (Lipinski definition) is 5. The molecule has 0 aliphatic carbocycles. The molecule has 4 rings (SSSR count). The fourth-order valence-electron chi connectivity index (χ4n) is 3.89. The molecule has 140 valence electrons. The summed E-state index contributed by atoms with van der Waals surface area (Å²) in [5.74, 6) is 1.22. The van der Waals surface area contributed by atoms with Crippen LogP contribution in [0.2, 0.25) is 0 Å². The number of carbonyl (C=O) groups is 1. The highest BCUT2D eigenvalue weighted by atomic mass is 16.2. The summed E-state index contributed by atoms with van der Waals surface area (Å²) >= 11 is 0. The summed E-state index contributed by atoms with van der Waals surface area (Å²) in [5, 5.41) is 0. The molecule has 0 spiro atoms. The molecule has 1 fully saturated rings. The summed E-state index contributed by atoms with van der Waals surface area (Å²) < 4.78 is 0. The number of hydrogen-bond donors (Lipinski definition) is 1. The van der Waals surface area contributed by atoms with Gasteiger partial charge in [0.2, 0.25) is 5.91 Å². The molecule has 1 saturated heterocycles.